The Morgan fingerprint density at radius 1 is 1.12 bits per heavy atom. The smallest absolute Gasteiger partial charge is 0.335 e. The van der Waals surface area contributed by atoms with Gasteiger partial charge < -0.3 is 33.9 Å². The lowest BCUT2D eigenvalue weighted by Crippen LogP contribution is -2.83. The van der Waals surface area contributed by atoms with E-state index in [1.807, 2.05) is 6.92 Å². The van der Waals surface area contributed by atoms with Gasteiger partial charge in [0.25, 0.3) is 5.97 Å². The van der Waals surface area contributed by atoms with Crippen LogP contribution in [0, 0.1) is 22.7 Å². The summed E-state index contributed by atoms with van der Waals surface area (Å²) >= 11 is 0. The van der Waals surface area contributed by atoms with Crippen molar-refractivity contribution >= 4 is 0 Å². The van der Waals surface area contributed by atoms with E-state index < -0.39 is 39.7 Å². The molecule has 4 heterocycles. The second-order valence-corrected chi connectivity index (χ2v) is 12.2. The van der Waals surface area contributed by atoms with Crippen LogP contribution in [0.4, 0.5) is 0 Å². The van der Waals surface area contributed by atoms with E-state index in [1.165, 1.54) is 12.3 Å². The average molecular weight is 475 g/mol. The number of hydrogen-bond acceptors (Lipinski definition) is 8. The number of fused-ring (bicyclic) bond motifs is 3. The highest BCUT2D eigenvalue weighted by Crippen LogP contribution is 2.74. The molecule has 8 rings (SSSR count). The van der Waals surface area contributed by atoms with Crippen molar-refractivity contribution < 1.29 is 33.9 Å². The zero-order chi connectivity index (χ0) is 23.7. The second-order valence-electron chi connectivity index (χ2n) is 12.2. The van der Waals surface area contributed by atoms with Crippen LogP contribution >= 0.6 is 0 Å². The minimum Gasteiger partial charge on any atom is -0.431 e. The topological polar surface area (TPSA) is 119 Å². The maximum atomic E-state index is 12.5. The summed E-state index contributed by atoms with van der Waals surface area (Å²) in [6.45, 7) is 3.73. The van der Waals surface area contributed by atoms with E-state index in [1.54, 1.807) is 6.07 Å². The predicted octanol–water partition coefficient (Wildman–Crippen LogP) is 2.04. The van der Waals surface area contributed by atoms with Gasteiger partial charge in [-0.15, -0.1) is 0 Å². The molecule has 186 valence electrons. The number of aliphatic hydroxyl groups is 3. The zero-order valence-electron chi connectivity index (χ0n) is 19.7. The molecular formula is C26H34O8. The molecule has 3 N–H and O–H groups in total. The summed E-state index contributed by atoms with van der Waals surface area (Å²) in [4.78, 5) is 11.5. The lowest BCUT2D eigenvalue weighted by Gasteiger charge is -2.75. The third-order valence-electron chi connectivity index (χ3n) is 11.1. The first-order valence-electron chi connectivity index (χ1n) is 12.8. The van der Waals surface area contributed by atoms with Gasteiger partial charge in [-0.3, -0.25) is 0 Å². The molecule has 3 aliphatic heterocycles. The number of ether oxygens (including phenoxy) is 3. The molecule has 11 atom stereocenters. The van der Waals surface area contributed by atoms with E-state index in [0.717, 1.165) is 12.0 Å². The van der Waals surface area contributed by atoms with E-state index in [9.17, 15) is 20.1 Å². The van der Waals surface area contributed by atoms with Crippen LogP contribution in [-0.2, 0) is 14.2 Å². The van der Waals surface area contributed by atoms with Crippen molar-refractivity contribution in [3.05, 3.63) is 34.4 Å². The molecule has 34 heavy (non-hydrogen) atoms. The SMILES string of the molecule is CC12OC3CC(O1)C1(CO)C4C(O)CC5(C)C(c6ccc(=O)oc6)CCC5(O)C4CCC1(C3)O2. The second kappa shape index (κ2) is 6.52. The van der Waals surface area contributed by atoms with Crippen LogP contribution in [0.2, 0.25) is 0 Å². The van der Waals surface area contributed by atoms with Crippen LogP contribution in [-0.4, -0.2) is 57.4 Å². The highest BCUT2D eigenvalue weighted by molar-refractivity contribution is 5.30. The molecule has 11 unspecified atom stereocenters. The molecule has 1 aromatic heterocycles. The summed E-state index contributed by atoms with van der Waals surface area (Å²) in [5.74, 6) is -1.68. The predicted molar refractivity (Wildman–Crippen MR) is 118 cm³/mol. The Labute approximate surface area is 198 Å². The van der Waals surface area contributed by atoms with Gasteiger partial charge in [-0.25, -0.2) is 4.79 Å². The molecule has 1 aromatic rings. The summed E-state index contributed by atoms with van der Waals surface area (Å²) in [6, 6.07) is 3.21. The molecule has 1 spiro atoms. The van der Waals surface area contributed by atoms with Gasteiger partial charge in [-0.2, -0.15) is 0 Å². The lowest BCUT2D eigenvalue weighted by atomic mass is 9.39. The summed E-state index contributed by atoms with van der Waals surface area (Å²) in [6.07, 6.45) is 5.01. The van der Waals surface area contributed by atoms with Gasteiger partial charge in [0, 0.05) is 37.2 Å². The third kappa shape index (κ3) is 2.34. The molecule has 4 aliphatic carbocycles. The van der Waals surface area contributed by atoms with Gasteiger partial charge >= 0.3 is 5.63 Å². The monoisotopic (exact) mass is 474 g/mol. The van der Waals surface area contributed by atoms with E-state index in [0.29, 0.717) is 38.5 Å². The lowest BCUT2D eigenvalue weighted by molar-refractivity contribution is -0.554. The van der Waals surface area contributed by atoms with Gasteiger partial charge in [0.1, 0.15) is 0 Å². The maximum Gasteiger partial charge on any atom is 0.335 e. The van der Waals surface area contributed by atoms with Crippen molar-refractivity contribution in [2.45, 2.75) is 100 Å². The number of aliphatic hydroxyl groups excluding tert-OH is 2. The van der Waals surface area contributed by atoms with Crippen LogP contribution in [0.1, 0.15) is 70.3 Å². The van der Waals surface area contributed by atoms with Crippen molar-refractivity contribution in [2.75, 3.05) is 6.61 Å². The summed E-state index contributed by atoms with van der Waals surface area (Å²) in [5, 5.41) is 35.3. The van der Waals surface area contributed by atoms with Crippen LogP contribution in [0.5, 0.6) is 0 Å². The Kier molecular flexibility index (Phi) is 4.21. The molecule has 3 saturated heterocycles. The first-order chi connectivity index (χ1) is 16.1. The van der Waals surface area contributed by atoms with E-state index in [4.69, 9.17) is 18.6 Å². The van der Waals surface area contributed by atoms with Gasteiger partial charge in [-0.1, -0.05) is 6.92 Å². The zero-order valence-corrected chi connectivity index (χ0v) is 19.7. The Morgan fingerprint density at radius 2 is 1.94 bits per heavy atom. The fourth-order valence-electron chi connectivity index (χ4n) is 9.95. The Hall–Kier alpha value is -1.29. The molecule has 0 amide bonds. The number of rotatable bonds is 2. The standard InChI is InChI=1S/C26H34O8/c1-22-11-18(28)21-17(26(22,30)8-6-16(22)14-3-4-20(29)31-12-14)5-7-24-10-15-9-19(25(21,24)13-27)33-23(2,32-15)34-24/h3-4,12,15-19,21,27-28,30H,5-11,13H2,1-2H3. The van der Waals surface area contributed by atoms with Crippen molar-refractivity contribution in [3.8, 4) is 0 Å². The fraction of sp³-hybridized carbons (Fsp3) is 0.808. The van der Waals surface area contributed by atoms with Crippen LogP contribution in [0.25, 0.3) is 0 Å². The quantitative estimate of drug-likeness (QED) is 0.596. The largest absolute Gasteiger partial charge is 0.431 e. The van der Waals surface area contributed by atoms with Gasteiger partial charge in [-0.05, 0) is 55.6 Å². The summed E-state index contributed by atoms with van der Waals surface area (Å²) in [7, 11) is 0. The Bertz CT molecular complexity index is 1070. The first kappa shape index (κ1) is 21.9. The van der Waals surface area contributed by atoms with E-state index in [-0.39, 0.29) is 36.6 Å². The molecule has 7 fully saturated rings. The average Bonchev–Trinajstić information content (AvgIpc) is 3.04. The molecule has 8 heteroatoms. The summed E-state index contributed by atoms with van der Waals surface area (Å²) in [5.41, 5.74) is -2.53. The van der Waals surface area contributed by atoms with Crippen molar-refractivity contribution in [3.63, 3.8) is 0 Å². The van der Waals surface area contributed by atoms with Crippen LogP contribution < -0.4 is 5.63 Å². The fourth-order valence-corrected chi connectivity index (χ4v) is 9.95. The van der Waals surface area contributed by atoms with Gasteiger partial charge in [0.15, 0.2) is 0 Å². The third-order valence-corrected chi connectivity index (χ3v) is 11.1. The molecular weight excluding hydrogens is 440 g/mol. The van der Waals surface area contributed by atoms with Gasteiger partial charge in [0.2, 0.25) is 0 Å². The van der Waals surface area contributed by atoms with Crippen LogP contribution in [0.15, 0.2) is 27.6 Å². The normalized spacial score (nSPS) is 57.2. The first-order valence-corrected chi connectivity index (χ1v) is 12.8. The van der Waals surface area contributed by atoms with Crippen molar-refractivity contribution in [1.82, 2.24) is 0 Å². The molecule has 4 bridgehead atoms. The molecule has 4 saturated carbocycles. The van der Waals surface area contributed by atoms with E-state index in [2.05, 4.69) is 6.92 Å². The summed E-state index contributed by atoms with van der Waals surface area (Å²) < 4.78 is 24.0. The van der Waals surface area contributed by atoms with E-state index >= 15 is 0 Å². The minimum absolute atomic E-state index is 0.0198. The van der Waals surface area contributed by atoms with Crippen LogP contribution in [0.3, 0.4) is 0 Å². The van der Waals surface area contributed by atoms with Crippen molar-refractivity contribution in [2.24, 2.45) is 22.7 Å². The molecule has 0 aromatic carbocycles. The molecule has 0 radical (unpaired) electrons. The highest BCUT2D eigenvalue weighted by atomic mass is 16.9. The number of hydrogen-bond donors (Lipinski definition) is 3. The Morgan fingerprint density at radius 3 is 2.65 bits per heavy atom. The molecule has 8 nitrogen and oxygen atoms in total. The molecule has 7 aliphatic rings. The Balaban J connectivity index is 1.32. The van der Waals surface area contributed by atoms with Crippen molar-refractivity contribution in [1.29, 1.82) is 0 Å². The van der Waals surface area contributed by atoms with Gasteiger partial charge in [0.05, 0.1) is 47.8 Å². The highest BCUT2D eigenvalue weighted by Gasteiger charge is 2.80. The maximum absolute atomic E-state index is 12.5. The minimum atomic E-state index is -1.11.